The van der Waals surface area contributed by atoms with Crippen LogP contribution in [0.3, 0.4) is 0 Å². The lowest BCUT2D eigenvalue weighted by molar-refractivity contribution is 0.0801. The number of Topliss-reactive ketones (excluding diaryl/α,β-unsaturated/α-hetero) is 1. The van der Waals surface area contributed by atoms with E-state index < -0.39 is 0 Å². The fourth-order valence-corrected chi connectivity index (χ4v) is 3.10. The lowest BCUT2D eigenvalue weighted by atomic mass is 9.75. The van der Waals surface area contributed by atoms with Crippen LogP contribution in [0.1, 0.15) is 47.7 Å². The van der Waals surface area contributed by atoms with E-state index in [0.29, 0.717) is 5.78 Å². The summed E-state index contributed by atoms with van der Waals surface area (Å²) in [4.78, 5) is 12.9. The Morgan fingerprint density at radius 2 is 2.17 bits per heavy atom. The van der Waals surface area contributed by atoms with E-state index in [2.05, 4.69) is 25.2 Å². The van der Waals surface area contributed by atoms with E-state index >= 15 is 0 Å². The van der Waals surface area contributed by atoms with E-state index in [-0.39, 0.29) is 5.41 Å². The molecule has 0 spiro atoms. The van der Waals surface area contributed by atoms with Gasteiger partial charge in [0.2, 0.25) is 0 Å². The van der Waals surface area contributed by atoms with Gasteiger partial charge in [0.05, 0.1) is 0 Å². The molecule has 2 rings (SSSR count). The van der Waals surface area contributed by atoms with Crippen LogP contribution in [0.25, 0.3) is 0 Å². The standard InChI is InChI=1S/C16H23NO/c1-4-7-16(8-9-17-11-16)15(18)14-6-5-12(2)10-13(14)3/h5-6,10,17H,4,7-9,11H2,1-3H3. The van der Waals surface area contributed by atoms with Crippen LogP contribution in [0.2, 0.25) is 0 Å². The number of nitrogens with one attached hydrogen (secondary N) is 1. The first-order chi connectivity index (χ1) is 8.59. The molecule has 1 aliphatic heterocycles. The maximum absolute atomic E-state index is 12.9. The molecule has 1 aromatic carbocycles. The number of hydrogen-bond donors (Lipinski definition) is 1. The van der Waals surface area contributed by atoms with Gasteiger partial charge in [-0.25, -0.2) is 0 Å². The summed E-state index contributed by atoms with van der Waals surface area (Å²) in [5.74, 6) is 0.340. The van der Waals surface area contributed by atoms with Crippen LogP contribution in [0.15, 0.2) is 18.2 Å². The zero-order chi connectivity index (χ0) is 13.2. The van der Waals surface area contributed by atoms with Gasteiger partial charge in [0.15, 0.2) is 5.78 Å². The fraction of sp³-hybridized carbons (Fsp3) is 0.562. The molecule has 0 bridgehead atoms. The van der Waals surface area contributed by atoms with Gasteiger partial charge in [-0.1, -0.05) is 37.1 Å². The van der Waals surface area contributed by atoms with E-state index in [1.807, 2.05) is 19.1 Å². The summed E-state index contributed by atoms with van der Waals surface area (Å²) >= 11 is 0. The number of carbonyl (C=O) groups is 1. The third-order valence-electron chi connectivity index (χ3n) is 4.08. The third kappa shape index (κ3) is 2.35. The SMILES string of the molecule is CCCC1(C(=O)c2ccc(C)cc2C)CCNC1. The van der Waals surface area contributed by atoms with Crippen molar-refractivity contribution < 1.29 is 4.79 Å². The predicted octanol–water partition coefficient (Wildman–Crippen LogP) is 3.27. The van der Waals surface area contributed by atoms with Gasteiger partial charge in [-0.2, -0.15) is 0 Å². The van der Waals surface area contributed by atoms with Gasteiger partial charge >= 0.3 is 0 Å². The van der Waals surface area contributed by atoms with Crippen molar-refractivity contribution in [1.82, 2.24) is 5.32 Å². The van der Waals surface area contributed by atoms with Crippen LogP contribution < -0.4 is 5.32 Å². The molecule has 0 aliphatic carbocycles. The highest BCUT2D eigenvalue weighted by Crippen LogP contribution is 2.35. The minimum absolute atomic E-state index is 0.158. The average molecular weight is 245 g/mol. The molecule has 0 saturated carbocycles. The largest absolute Gasteiger partial charge is 0.316 e. The van der Waals surface area contributed by atoms with Crippen molar-refractivity contribution in [2.45, 2.75) is 40.0 Å². The number of aryl methyl sites for hydroxylation is 2. The third-order valence-corrected chi connectivity index (χ3v) is 4.08. The van der Waals surface area contributed by atoms with E-state index in [4.69, 9.17) is 0 Å². The Bertz CT molecular complexity index is 444. The zero-order valence-corrected chi connectivity index (χ0v) is 11.7. The van der Waals surface area contributed by atoms with Crippen LogP contribution in [0.4, 0.5) is 0 Å². The van der Waals surface area contributed by atoms with Crippen molar-refractivity contribution in [2.24, 2.45) is 5.41 Å². The van der Waals surface area contributed by atoms with Gasteiger partial charge in [-0.3, -0.25) is 4.79 Å². The van der Waals surface area contributed by atoms with Crippen LogP contribution in [0.5, 0.6) is 0 Å². The molecule has 0 aromatic heterocycles. The van der Waals surface area contributed by atoms with Crippen molar-refractivity contribution in [2.75, 3.05) is 13.1 Å². The number of hydrogen-bond acceptors (Lipinski definition) is 2. The van der Waals surface area contributed by atoms with E-state index in [0.717, 1.165) is 43.5 Å². The minimum Gasteiger partial charge on any atom is -0.316 e. The Labute approximate surface area is 110 Å². The number of benzene rings is 1. The zero-order valence-electron chi connectivity index (χ0n) is 11.7. The highest BCUT2D eigenvalue weighted by Gasteiger charge is 2.40. The molecule has 0 amide bonds. The predicted molar refractivity (Wildman–Crippen MR) is 75.1 cm³/mol. The van der Waals surface area contributed by atoms with Gasteiger partial charge in [-0.05, 0) is 38.8 Å². The Morgan fingerprint density at radius 3 is 2.72 bits per heavy atom. The van der Waals surface area contributed by atoms with Crippen molar-refractivity contribution >= 4 is 5.78 Å². The second kappa shape index (κ2) is 5.23. The summed E-state index contributed by atoms with van der Waals surface area (Å²) in [6.45, 7) is 8.08. The number of rotatable bonds is 4. The molecule has 1 aromatic rings. The summed E-state index contributed by atoms with van der Waals surface area (Å²) < 4.78 is 0. The highest BCUT2D eigenvalue weighted by molar-refractivity contribution is 6.02. The number of carbonyl (C=O) groups excluding carboxylic acids is 1. The number of ketones is 1. The van der Waals surface area contributed by atoms with Gasteiger partial charge in [-0.15, -0.1) is 0 Å². The smallest absolute Gasteiger partial charge is 0.170 e. The average Bonchev–Trinajstić information content (AvgIpc) is 2.78. The van der Waals surface area contributed by atoms with Crippen molar-refractivity contribution in [3.05, 3.63) is 34.9 Å². The Balaban J connectivity index is 2.34. The van der Waals surface area contributed by atoms with Crippen molar-refractivity contribution in [3.8, 4) is 0 Å². The second-order valence-electron chi connectivity index (χ2n) is 5.60. The lowest BCUT2D eigenvalue weighted by Gasteiger charge is -2.27. The van der Waals surface area contributed by atoms with E-state index in [1.165, 1.54) is 5.56 Å². The summed E-state index contributed by atoms with van der Waals surface area (Å²) in [7, 11) is 0. The molecule has 0 radical (unpaired) electrons. The Hall–Kier alpha value is -1.15. The molecular formula is C16H23NO. The van der Waals surface area contributed by atoms with Crippen LogP contribution in [-0.2, 0) is 0 Å². The van der Waals surface area contributed by atoms with Gasteiger partial charge in [0, 0.05) is 17.5 Å². The van der Waals surface area contributed by atoms with Crippen LogP contribution in [0, 0.1) is 19.3 Å². The Morgan fingerprint density at radius 1 is 1.39 bits per heavy atom. The summed E-state index contributed by atoms with van der Waals surface area (Å²) in [6.07, 6.45) is 3.04. The molecule has 1 heterocycles. The van der Waals surface area contributed by atoms with E-state index in [1.54, 1.807) is 0 Å². The molecule has 1 fully saturated rings. The summed E-state index contributed by atoms with van der Waals surface area (Å²) in [5.41, 5.74) is 3.09. The molecular weight excluding hydrogens is 222 g/mol. The Kier molecular flexibility index (Phi) is 3.86. The minimum atomic E-state index is -0.158. The van der Waals surface area contributed by atoms with Crippen LogP contribution in [-0.4, -0.2) is 18.9 Å². The molecule has 18 heavy (non-hydrogen) atoms. The van der Waals surface area contributed by atoms with Gasteiger partial charge < -0.3 is 5.32 Å². The molecule has 1 N–H and O–H groups in total. The highest BCUT2D eigenvalue weighted by atomic mass is 16.1. The molecule has 2 nitrogen and oxygen atoms in total. The van der Waals surface area contributed by atoms with Crippen LogP contribution >= 0.6 is 0 Å². The maximum atomic E-state index is 12.9. The monoisotopic (exact) mass is 245 g/mol. The molecule has 1 saturated heterocycles. The van der Waals surface area contributed by atoms with Crippen molar-refractivity contribution in [1.29, 1.82) is 0 Å². The molecule has 1 aliphatic rings. The lowest BCUT2D eigenvalue weighted by Crippen LogP contribution is -2.34. The normalized spacial score (nSPS) is 23.3. The van der Waals surface area contributed by atoms with Gasteiger partial charge in [0.25, 0.3) is 0 Å². The second-order valence-corrected chi connectivity index (χ2v) is 5.60. The first-order valence-electron chi connectivity index (χ1n) is 6.92. The molecule has 1 unspecified atom stereocenters. The molecule has 1 atom stereocenters. The molecule has 98 valence electrons. The first-order valence-corrected chi connectivity index (χ1v) is 6.92. The van der Waals surface area contributed by atoms with E-state index in [9.17, 15) is 4.79 Å². The topological polar surface area (TPSA) is 29.1 Å². The summed E-state index contributed by atoms with van der Waals surface area (Å²) in [6, 6.07) is 6.15. The summed E-state index contributed by atoms with van der Waals surface area (Å²) in [5, 5.41) is 3.36. The van der Waals surface area contributed by atoms with Gasteiger partial charge in [0.1, 0.15) is 0 Å². The maximum Gasteiger partial charge on any atom is 0.170 e. The van der Waals surface area contributed by atoms with Crippen molar-refractivity contribution in [3.63, 3.8) is 0 Å². The molecule has 2 heteroatoms. The fourth-order valence-electron chi connectivity index (χ4n) is 3.10. The quantitative estimate of drug-likeness (QED) is 0.825. The first kappa shape index (κ1) is 13.3.